The van der Waals surface area contributed by atoms with Gasteiger partial charge in [0.2, 0.25) is 0 Å². The molecule has 1 aromatic carbocycles. The molecule has 0 fully saturated rings. The zero-order valence-electron chi connectivity index (χ0n) is 16.3. The molecular weight excluding hydrogens is 348 g/mol. The number of imidazole rings is 1. The van der Waals surface area contributed by atoms with Gasteiger partial charge in [0.25, 0.3) is 0 Å². The number of hydrogen-bond acceptors (Lipinski definition) is 5. The molecule has 1 unspecified atom stereocenters. The Morgan fingerprint density at radius 3 is 2.88 bits per heavy atom. The number of nitrogens with zero attached hydrogens (tertiary/aromatic N) is 2. The van der Waals surface area contributed by atoms with Gasteiger partial charge in [-0.2, -0.15) is 0 Å². The predicted molar refractivity (Wildman–Crippen MR) is 105 cm³/mol. The van der Waals surface area contributed by atoms with Gasteiger partial charge >= 0.3 is 0 Å². The van der Waals surface area contributed by atoms with Gasteiger partial charge in [0.05, 0.1) is 18.9 Å². The summed E-state index contributed by atoms with van der Waals surface area (Å²) in [4.78, 5) is 4.74. The Morgan fingerprint density at radius 1 is 1.35 bits per heavy atom. The summed E-state index contributed by atoms with van der Waals surface area (Å²) in [7, 11) is 1.73. The third kappa shape index (κ3) is 4.01. The average molecular weight is 377 g/mol. The number of benzene rings is 1. The van der Waals surface area contributed by atoms with E-state index in [9.17, 15) is 0 Å². The first kappa shape index (κ1) is 19.1. The number of rotatable bonds is 8. The molecule has 0 N–H and O–H groups in total. The van der Waals surface area contributed by atoms with Crippen LogP contribution >= 0.6 is 11.8 Å². The van der Waals surface area contributed by atoms with Gasteiger partial charge in [-0.1, -0.05) is 11.8 Å². The first-order chi connectivity index (χ1) is 12.5. The Morgan fingerprint density at radius 2 is 2.15 bits per heavy atom. The SMILES string of the molecule is CCOc1cc2c(cc1CSc1nc(C)c(C)n1CCOC)OC(C)C2. The minimum atomic E-state index is 0.237. The molecule has 1 aliphatic rings. The molecule has 0 bridgehead atoms. The molecule has 3 rings (SSSR count). The maximum Gasteiger partial charge on any atom is 0.168 e. The van der Waals surface area contributed by atoms with Crippen LogP contribution in [0.1, 0.15) is 36.4 Å². The zero-order chi connectivity index (χ0) is 18.7. The molecule has 2 heterocycles. The molecule has 0 spiro atoms. The molecule has 0 amide bonds. The maximum atomic E-state index is 5.93. The Labute approximate surface area is 160 Å². The van der Waals surface area contributed by atoms with Crippen molar-refractivity contribution in [3.05, 3.63) is 34.6 Å². The highest BCUT2D eigenvalue weighted by Gasteiger charge is 2.22. The highest BCUT2D eigenvalue weighted by atomic mass is 32.2. The summed E-state index contributed by atoms with van der Waals surface area (Å²) < 4.78 is 19.3. The van der Waals surface area contributed by atoms with Gasteiger partial charge in [-0.15, -0.1) is 0 Å². The fourth-order valence-corrected chi connectivity index (χ4v) is 4.30. The maximum absolute atomic E-state index is 5.93. The van der Waals surface area contributed by atoms with Gasteiger partial charge in [0, 0.05) is 42.6 Å². The summed E-state index contributed by atoms with van der Waals surface area (Å²) in [5, 5.41) is 1.02. The van der Waals surface area contributed by atoms with E-state index < -0.39 is 0 Å². The van der Waals surface area contributed by atoms with Gasteiger partial charge in [0.15, 0.2) is 5.16 Å². The summed E-state index contributed by atoms with van der Waals surface area (Å²) in [6.45, 7) is 10.4. The van der Waals surface area contributed by atoms with Crippen LogP contribution in [-0.2, 0) is 23.5 Å². The van der Waals surface area contributed by atoms with Gasteiger partial charge in [-0.3, -0.25) is 0 Å². The van der Waals surface area contributed by atoms with Crippen LogP contribution in [0.2, 0.25) is 0 Å². The average Bonchev–Trinajstić information content (AvgIpc) is 3.10. The van der Waals surface area contributed by atoms with E-state index in [0.717, 1.165) is 46.6 Å². The normalized spacial score (nSPS) is 15.8. The monoisotopic (exact) mass is 376 g/mol. The van der Waals surface area contributed by atoms with E-state index in [4.69, 9.17) is 19.2 Å². The van der Waals surface area contributed by atoms with Gasteiger partial charge < -0.3 is 18.8 Å². The quantitative estimate of drug-likeness (QED) is 0.647. The molecule has 0 saturated heterocycles. The van der Waals surface area contributed by atoms with Crippen LogP contribution in [0.5, 0.6) is 11.5 Å². The molecule has 26 heavy (non-hydrogen) atoms. The van der Waals surface area contributed by atoms with Gasteiger partial charge in [0.1, 0.15) is 17.6 Å². The van der Waals surface area contributed by atoms with E-state index in [2.05, 4.69) is 37.5 Å². The van der Waals surface area contributed by atoms with Crippen molar-refractivity contribution in [3.63, 3.8) is 0 Å². The lowest BCUT2D eigenvalue weighted by molar-refractivity contribution is 0.184. The molecule has 0 aliphatic carbocycles. The number of aryl methyl sites for hydroxylation is 1. The van der Waals surface area contributed by atoms with Crippen LogP contribution in [0.25, 0.3) is 0 Å². The van der Waals surface area contributed by atoms with Crippen molar-refractivity contribution in [3.8, 4) is 11.5 Å². The summed E-state index contributed by atoms with van der Waals surface area (Å²) in [6, 6.07) is 4.28. The number of ether oxygens (including phenoxy) is 3. The summed E-state index contributed by atoms with van der Waals surface area (Å²) in [5.41, 5.74) is 4.66. The van der Waals surface area contributed by atoms with E-state index in [1.165, 1.54) is 11.3 Å². The largest absolute Gasteiger partial charge is 0.494 e. The Bertz CT molecular complexity index is 773. The predicted octanol–water partition coefficient (Wildman–Crippen LogP) is 4.16. The van der Waals surface area contributed by atoms with Crippen molar-refractivity contribution in [2.24, 2.45) is 0 Å². The molecule has 1 atom stereocenters. The van der Waals surface area contributed by atoms with Crippen LogP contribution in [0.4, 0.5) is 0 Å². The Balaban J connectivity index is 1.81. The number of fused-ring (bicyclic) bond motifs is 1. The van der Waals surface area contributed by atoms with E-state index in [0.29, 0.717) is 13.2 Å². The van der Waals surface area contributed by atoms with Crippen molar-refractivity contribution >= 4 is 11.8 Å². The van der Waals surface area contributed by atoms with E-state index in [1.807, 2.05) is 6.92 Å². The minimum Gasteiger partial charge on any atom is -0.494 e. The number of methoxy groups -OCH3 is 1. The second-order valence-electron chi connectivity index (χ2n) is 6.63. The summed E-state index contributed by atoms with van der Waals surface area (Å²) >= 11 is 1.73. The van der Waals surface area contributed by atoms with Crippen molar-refractivity contribution in [2.45, 2.75) is 57.7 Å². The molecular formula is C20H28N2O3S. The second-order valence-corrected chi connectivity index (χ2v) is 7.57. The third-order valence-electron chi connectivity index (χ3n) is 4.68. The summed E-state index contributed by atoms with van der Waals surface area (Å²) in [5.74, 6) is 2.75. The second kappa shape index (κ2) is 8.35. The van der Waals surface area contributed by atoms with Gasteiger partial charge in [-0.05, 0) is 39.8 Å². The molecule has 5 nitrogen and oxygen atoms in total. The highest BCUT2D eigenvalue weighted by Crippen LogP contribution is 2.37. The smallest absolute Gasteiger partial charge is 0.168 e. The van der Waals surface area contributed by atoms with Crippen LogP contribution in [0.15, 0.2) is 17.3 Å². The third-order valence-corrected chi connectivity index (χ3v) is 5.70. The van der Waals surface area contributed by atoms with Crippen molar-refractivity contribution < 1.29 is 14.2 Å². The standard InChI is InChI=1S/C20H28N2O3S/c1-6-24-18-10-16-9-13(2)25-19(16)11-17(18)12-26-20-21-14(3)15(4)22(20)7-8-23-5/h10-11,13H,6-9,12H2,1-5H3. The Hall–Kier alpha value is -1.66. The number of thioether (sulfide) groups is 1. The minimum absolute atomic E-state index is 0.237. The number of hydrogen-bond donors (Lipinski definition) is 0. The van der Waals surface area contributed by atoms with Gasteiger partial charge in [-0.25, -0.2) is 4.98 Å². The summed E-state index contributed by atoms with van der Waals surface area (Å²) in [6.07, 6.45) is 1.18. The first-order valence-corrected chi connectivity index (χ1v) is 10.1. The van der Waals surface area contributed by atoms with E-state index >= 15 is 0 Å². The lowest BCUT2D eigenvalue weighted by Gasteiger charge is -2.13. The van der Waals surface area contributed by atoms with E-state index in [1.54, 1.807) is 18.9 Å². The zero-order valence-corrected chi connectivity index (χ0v) is 17.1. The molecule has 0 saturated carbocycles. The van der Waals surface area contributed by atoms with Crippen molar-refractivity contribution in [2.75, 3.05) is 20.3 Å². The number of aromatic nitrogens is 2. The molecule has 0 radical (unpaired) electrons. The van der Waals surface area contributed by atoms with Crippen molar-refractivity contribution in [1.29, 1.82) is 0 Å². The lowest BCUT2D eigenvalue weighted by atomic mass is 10.1. The highest BCUT2D eigenvalue weighted by molar-refractivity contribution is 7.98. The molecule has 1 aliphatic heterocycles. The fraction of sp³-hybridized carbons (Fsp3) is 0.550. The molecule has 1 aromatic heterocycles. The topological polar surface area (TPSA) is 45.5 Å². The molecule has 2 aromatic rings. The molecule has 142 valence electrons. The molecule has 6 heteroatoms. The van der Waals surface area contributed by atoms with Crippen LogP contribution in [-0.4, -0.2) is 36.0 Å². The van der Waals surface area contributed by atoms with Crippen LogP contribution in [0, 0.1) is 13.8 Å². The lowest BCUT2D eigenvalue weighted by Crippen LogP contribution is -2.07. The van der Waals surface area contributed by atoms with Crippen LogP contribution in [0.3, 0.4) is 0 Å². The Kier molecular flexibility index (Phi) is 6.14. The van der Waals surface area contributed by atoms with Crippen molar-refractivity contribution in [1.82, 2.24) is 9.55 Å². The van der Waals surface area contributed by atoms with E-state index in [-0.39, 0.29) is 6.10 Å². The fourth-order valence-electron chi connectivity index (χ4n) is 3.21. The van der Waals surface area contributed by atoms with Crippen LogP contribution < -0.4 is 9.47 Å². The first-order valence-electron chi connectivity index (χ1n) is 9.14.